The summed E-state index contributed by atoms with van der Waals surface area (Å²) in [7, 11) is 0. The Morgan fingerprint density at radius 2 is 2.00 bits per heavy atom. The normalized spacial score (nSPS) is 11.7. The average Bonchev–Trinajstić information content (AvgIpc) is 2.74. The maximum Gasteiger partial charge on any atom is 0.306 e. The molecule has 0 spiro atoms. The van der Waals surface area contributed by atoms with Crippen LogP contribution in [0.25, 0.3) is 0 Å². The molecule has 1 aromatic rings. The first-order valence-corrected chi connectivity index (χ1v) is 6.97. The molecule has 0 saturated carbocycles. The highest BCUT2D eigenvalue weighted by molar-refractivity contribution is 5.96. The number of carbonyl (C=O) groups is 2. The van der Waals surface area contributed by atoms with Crippen molar-refractivity contribution in [2.24, 2.45) is 5.92 Å². The maximum absolute atomic E-state index is 11.8. The molecule has 0 aliphatic carbocycles. The van der Waals surface area contributed by atoms with Gasteiger partial charge in [-0.3, -0.25) is 14.3 Å². The molecule has 1 aromatic heterocycles. The second kappa shape index (κ2) is 6.68. The second-order valence-corrected chi connectivity index (χ2v) is 6.20. The fourth-order valence-electron chi connectivity index (χ4n) is 1.72. The summed E-state index contributed by atoms with van der Waals surface area (Å²) in [4.78, 5) is 23.3. The summed E-state index contributed by atoms with van der Waals surface area (Å²) in [5.41, 5.74) is 0.178. The number of aryl methyl sites for hydroxylation is 1. The van der Waals surface area contributed by atoms with Gasteiger partial charge in [-0.05, 0) is 27.2 Å². The largest absolute Gasteiger partial charge is 0.460 e. The van der Waals surface area contributed by atoms with Crippen molar-refractivity contribution in [1.29, 1.82) is 0 Å². The fourth-order valence-corrected chi connectivity index (χ4v) is 1.72. The Morgan fingerprint density at radius 1 is 1.35 bits per heavy atom. The van der Waals surface area contributed by atoms with E-state index in [-0.39, 0.29) is 17.7 Å². The number of ketones is 1. The third-order valence-corrected chi connectivity index (χ3v) is 2.63. The van der Waals surface area contributed by atoms with Crippen molar-refractivity contribution >= 4 is 11.8 Å². The molecule has 20 heavy (non-hydrogen) atoms. The second-order valence-electron chi connectivity index (χ2n) is 6.20. The number of ether oxygens (including phenoxy) is 1. The summed E-state index contributed by atoms with van der Waals surface area (Å²) in [6.07, 6.45) is 4.31. The summed E-state index contributed by atoms with van der Waals surface area (Å²) >= 11 is 0. The van der Waals surface area contributed by atoms with Crippen LogP contribution in [-0.4, -0.2) is 27.1 Å². The Kier molecular flexibility index (Phi) is 5.48. The zero-order valence-corrected chi connectivity index (χ0v) is 13.0. The van der Waals surface area contributed by atoms with Gasteiger partial charge in [0.05, 0.1) is 11.8 Å². The van der Waals surface area contributed by atoms with Gasteiger partial charge in [0.2, 0.25) is 0 Å². The van der Waals surface area contributed by atoms with E-state index >= 15 is 0 Å². The molecule has 0 aliphatic heterocycles. The van der Waals surface area contributed by atoms with E-state index in [1.807, 2.05) is 34.6 Å². The Balaban J connectivity index is 2.40. The molecule has 0 bridgehead atoms. The molecule has 5 nitrogen and oxygen atoms in total. The quantitative estimate of drug-likeness (QED) is 0.594. The van der Waals surface area contributed by atoms with Gasteiger partial charge in [0, 0.05) is 25.1 Å². The summed E-state index contributed by atoms with van der Waals surface area (Å²) in [5, 5.41) is 4.13. The summed E-state index contributed by atoms with van der Waals surface area (Å²) in [6, 6.07) is 0. The number of esters is 1. The molecule has 1 rings (SSSR count). The Bertz CT molecular complexity index is 470. The molecular formula is C15H24N2O3. The van der Waals surface area contributed by atoms with E-state index in [1.54, 1.807) is 17.1 Å². The zero-order chi connectivity index (χ0) is 15.3. The first kappa shape index (κ1) is 16.4. The van der Waals surface area contributed by atoms with E-state index in [0.29, 0.717) is 24.9 Å². The van der Waals surface area contributed by atoms with Crippen LogP contribution >= 0.6 is 0 Å². The van der Waals surface area contributed by atoms with Crippen molar-refractivity contribution in [3.8, 4) is 0 Å². The topological polar surface area (TPSA) is 61.2 Å². The maximum atomic E-state index is 11.8. The van der Waals surface area contributed by atoms with E-state index < -0.39 is 5.60 Å². The van der Waals surface area contributed by atoms with Gasteiger partial charge in [-0.2, -0.15) is 5.10 Å². The Morgan fingerprint density at radius 3 is 2.55 bits per heavy atom. The van der Waals surface area contributed by atoms with E-state index in [4.69, 9.17) is 4.74 Å². The van der Waals surface area contributed by atoms with Crippen molar-refractivity contribution in [3.05, 3.63) is 18.0 Å². The van der Waals surface area contributed by atoms with Gasteiger partial charge in [-0.15, -0.1) is 0 Å². The summed E-state index contributed by atoms with van der Waals surface area (Å²) < 4.78 is 6.92. The number of Topliss-reactive ketones (excluding diaryl/α,β-unsaturated/α-hetero) is 1. The smallest absolute Gasteiger partial charge is 0.306 e. The highest BCUT2D eigenvalue weighted by atomic mass is 16.6. The van der Waals surface area contributed by atoms with Gasteiger partial charge >= 0.3 is 5.97 Å². The highest BCUT2D eigenvalue weighted by Gasteiger charge is 2.16. The predicted molar refractivity (Wildman–Crippen MR) is 76.5 cm³/mol. The number of aromatic nitrogens is 2. The molecule has 0 radical (unpaired) electrons. The van der Waals surface area contributed by atoms with E-state index in [2.05, 4.69) is 5.10 Å². The zero-order valence-electron chi connectivity index (χ0n) is 13.0. The minimum Gasteiger partial charge on any atom is -0.460 e. The third-order valence-electron chi connectivity index (χ3n) is 2.63. The Labute approximate surface area is 120 Å². The number of rotatable bonds is 6. The fraction of sp³-hybridized carbons (Fsp3) is 0.667. The summed E-state index contributed by atoms with van der Waals surface area (Å²) in [5.74, 6) is -0.152. The van der Waals surface area contributed by atoms with Crippen LogP contribution in [0, 0.1) is 5.92 Å². The van der Waals surface area contributed by atoms with Gasteiger partial charge < -0.3 is 4.74 Å². The number of hydrogen-bond acceptors (Lipinski definition) is 4. The van der Waals surface area contributed by atoms with Gasteiger partial charge in [0.25, 0.3) is 0 Å². The van der Waals surface area contributed by atoms with Crippen molar-refractivity contribution in [2.75, 3.05) is 0 Å². The molecule has 0 unspecified atom stereocenters. The first-order chi connectivity index (χ1) is 9.19. The molecule has 5 heteroatoms. The number of hydrogen-bond donors (Lipinski definition) is 0. The molecule has 0 aliphatic rings. The molecule has 1 heterocycles. The third kappa shape index (κ3) is 5.55. The molecule has 0 aromatic carbocycles. The van der Waals surface area contributed by atoms with Gasteiger partial charge in [-0.25, -0.2) is 0 Å². The predicted octanol–water partition coefficient (Wildman–Crippen LogP) is 2.84. The van der Waals surface area contributed by atoms with E-state index in [1.165, 1.54) is 0 Å². The lowest BCUT2D eigenvalue weighted by atomic mass is 10.1. The van der Waals surface area contributed by atoms with Crippen LogP contribution in [0.1, 0.15) is 57.8 Å². The lowest BCUT2D eigenvalue weighted by molar-refractivity contribution is -0.154. The molecule has 0 N–H and O–H groups in total. The number of nitrogens with zero attached hydrogens (tertiary/aromatic N) is 2. The summed E-state index contributed by atoms with van der Waals surface area (Å²) in [6.45, 7) is 9.88. The van der Waals surface area contributed by atoms with Crippen molar-refractivity contribution in [3.63, 3.8) is 0 Å². The molecule has 0 saturated heterocycles. The SMILES string of the molecule is CC(C)C(=O)c1cnn(CCCC(=O)OC(C)(C)C)c1. The van der Waals surface area contributed by atoms with Crippen LogP contribution in [-0.2, 0) is 16.1 Å². The van der Waals surface area contributed by atoms with E-state index in [9.17, 15) is 9.59 Å². The number of carbonyl (C=O) groups excluding carboxylic acids is 2. The van der Waals surface area contributed by atoms with Gasteiger partial charge in [0.15, 0.2) is 5.78 Å². The van der Waals surface area contributed by atoms with E-state index in [0.717, 1.165) is 0 Å². The van der Waals surface area contributed by atoms with Crippen LogP contribution in [0.2, 0.25) is 0 Å². The van der Waals surface area contributed by atoms with Crippen molar-refractivity contribution in [1.82, 2.24) is 9.78 Å². The minimum absolute atomic E-state index is 0.0330. The first-order valence-electron chi connectivity index (χ1n) is 6.97. The monoisotopic (exact) mass is 280 g/mol. The molecule has 0 atom stereocenters. The van der Waals surface area contributed by atoms with Gasteiger partial charge in [-0.1, -0.05) is 13.8 Å². The van der Waals surface area contributed by atoms with Crippen LogP contribution in [0.15, 0.2) is 12.4 Å². The molecule has 0 amide bonds. The molecule has 0 fully saturated rings. The Hall–Kier alpha value is -1.65. The molecule has 112 valence electrons. The van der Waals surface area contributed by atoms with Crippen LogP contribution in [0.5, 0.6) is 0 Å². The van der Waals surface area contributed by atoms with Gasteiger partial charge in [0.1, 0.15) is 5.60 Å². The van der Waals surface area contributed by atoms with Crippen LogP contribution < -0.4 is 0 Å². The highest BCUT2D eigenvalue weighted by Crippen LogP contribution is 2.10. The average molecular weight is 280 g/mol. The minimum atomic E-state index is -0.445. The lowest BCUT2D eigenvalue weighted by Crippen LogP contribution is -2.23. The van der Waals surface area contributed by atoms with Crippen molar-refractivity contribution in [2.45, 2.75) is 59.6 Å². The molecular weight excluding hydrogens is 256 g/mol. The van der Waals surface area contributed by atoms with Crippen LogP contribution in [0.4, 0.5) is 0 Å². The van der Waals surface area contributed by atoms with Crippen LogP contribution in [0.3, 0.4) is 0 Å². The van der Waals surface area contributed by atoms with Crippen molar-refractivity contribution < 1.29 is 14.3 Å². The lowest BCUT2D eigenvalue weighted by Gasteiger charge is -2.19. The standard InChI is InChI=1S/C15H24N2O3/c1-11(2)14(19)12-9-16-17(10-12)8-6-7-13(18)20-15(3,4)5/h9-11H,6-8H2,1-5H3.